The summed E-state index contributed by atoms with van der Waals surface area (Å²) in [6.45, 7) is 5.21. The number of nitrogens with zero attached hydrogens (tertiary/aromatic N) is 2. The van der Waals surface area contributed by atoms with Gasteiger partial charge in [-0.2, -0.15) is 0 Å². The van der Waals surface area contributed by atoms with Crippen molar-refractivity contribution in [2.45, 2.75) is 26.1 Å². The summed E-state index contributed by atoms with van der Waals surface area (Å²) in [6.07, 6.45) is 0. The largest absolute Gasteiger partial charge is 0.295 e. The first kappa shape index (κ1) is 17.2. The molecule has 5 nitrogen and oxygen atoms in total. The Balaban J connectivity index is 1.98. The molecule has 1 atom stereocenters. The smallest absolute Gasteiger partial charge is 0.290 e. The van der Waals surface area contributed by atoms with Crippen LogP contribution in [0.5, 0.6) is 0 Å². The molecule has 2 aromatic rings. The maximum atomic E-state index is 12.9. The molecule has 6 heteroatoms. The van der Waals surface area contributed by atoms with Crippen LogP contribution in [0.15, 0.2) is 48.5 Å². The van der Waals surface area contributed by atoms with Crippen molar-refractivity contribution in [1.82, 2.24) is 0 Å². The monoisotopic (exact) mass is 354 g/mol. The summed E-state index contributed by atoms with van der Waals surface area (Å²) in [5.74, 6) is -0.687. The van der Waals surface area contributed by atoms with Crippen LogP contribution in [0, 0.1) is 13.8 Å². The predicted octanol–water partition coefficient (Wildman–Crippen LogP) is 3.88. The van der Waals surface area contributed by atoms with Gasteiger partial charge in [0.15, 0.2) is 5.37 Å². The van der Waals surface area contributed by atoms with Gasteiger partial charge < -0.3 is 0 Å². The van der Waals surface area contributed by atoms with Crippen molar-refractivity contribution < 1.29 is 14.4 Å². The van der Waals surface area contributed by atoms with Crippen LogP contribution < -0.4 is 9.80 Å². The van der Waals surface area contributed by atoms with Crippen LogP contribution in [-0.4, -0.2) is 22.4 Å². The lowest BCUT2D eigenvalue weighted by molar-refractivity contribution is -0.121. The molecule has 1 saturated heterocycles. The van der Waals surface area contributed by atoms with E-state index >= 15 is 0 Å². The van der Waals surface area contributed by atoms with Crippen LogP contribution in [0.2, 0.25) is 0 Å². The zero-order valence-electron chi connectivity index (χ0n) is 14.2. The van der Waals surface area contributed by atoms with Gasteiger partial charge in [0.2, 0.25) is 5.91 Å². The summed E-state index contributed by atoms with van der Waals surface area (Å²) in [5.41, 5.74) is 3.06. The number of hydrogen-bond donors (Lipinski definition) is 0. The number of amides is 3. The normalized spacial score (nSPS) is 17.1. The highest BCUT2D eigenvalue weighted by Crippen LogP contribution is 2.36. The molecule has 1 aliphatic heterocycles. The Bertz CT molecular complexity index is 865. The minimum atomic E-state index is -0.896. The molecule has 0 saturated carbocycles. The standard InChI is InChI=1S/C19H18N2O3S/c1-12-6-4-8-15(10-12)20(14(3)22)18-17(23)21(19(24)25-18)16-9-5-7-13(2)11-16/h4-11,18H,1-3H3. The van der Waals surface area contributed by atoms with Gasteiger partial charge in [-0.15, -0.1) is 0 Å². The van der Waals surface area contributed by atoms with E-state index in [1.165, 1.54) is 11.8 Å². The number of anilines is 2. The van der Waals surface area contributed by atoms with Crippen molar-refractivity contribution >= 4 is 40.2 Å². The van der Waals surface area contributed by atoms with E-state index in [1.54, 1.807) is 24.3 Å². The summed E-state index contributed by atoms with van der Waals surface area (Å²) < 4.78 is 0. The lowest BCUT2D eigenvalue weighted by atomic mass is 10.2. The van der Waals surface area contributed by atoms with E-state index in [-0.39, 0.29) is 11.1 Å². The number of carbonyl (C=O) groups is 3. The van der Waals surface area contributed by atoms with E-state index in [0.29, 0.717) is 11.4 Å². The minimum Gasteiger partial charge on any atom is -0.290 e. The highest BCUT2D eigenvalue weighted by molar-refractivity contribution is 8.16. The van der Waals surface area contributed by atoms with Crippen molar-refractivity contribution in [3.8, 4) is 0 Å². The first-order valence-electron chi connectivity index (χ1n) is 7.86. The topological polar surface area (TPSA) is 57.7 Å². The molecule has 25 heavy (non-hydrogen) atoms. The van der Waals surface area contributed by atoms with Gasteiger partial charge >= 0.3 is 0 Å². The number of thioether (sulfide) groups is 1. The van der Waals surface area contributed by atoms with E-state index in [0.717, 1.165) is 27.8 Å². The van der Waals surface area contributed by atoms with E-state index in [4.69, 9.17) is 0 Å². The van der Waals surface area contributed by atoms with Gasteiger partial charge in [-0.25, -0.2) is 4.90 Å². The molecule has 0 N–H and O–H groups in total. The third-order valence-corrected chi connectivity index (χ3v) is 4.96. The predicted molar refractivity (Wildman–Crippen MR) is 99.8 cm³/mol. The quantitative estimate of drug-likeness (QED) is 0.839. The van der Waals surface area contributed by atoms with Crippen molar-refractivity contribution in [3.05, 3.63) is 59.7 Å². The first-order chi connectivity index (χ1) is 11.9. The number of hydrogen-bond acceptors (Lipinski definition) is 4. The zero-order valence-corrected chi connectivity index (χ0v) is 15.0. The Hall–Kier alpha value is -2.60. The fourth-order valence-electron chi connectivity index (χ4n) is 2.82. The molecule has 1 unspecified atom stereocenters. The minimum absolute atomic E-state index is 0.282. The molecule has 0 aliphatic carbocycles. The zero-order chi connectivity index (χ0) is 18.1. The molecular weight excluding hydrogens is 336 g/mol. The first-order valence-corrected chi connectivity index (χ1v) is 8.74. The fourth-order valence-corrected chi connectivity index (χ4v) is 3.90. The number of benzene rings is 2. The third-order valence-electron chi connectivity index (χ3n) is 3.94. The molecular formula is C19H18N2O3S. The average molecular weight is 354 g/mol. The van der Waals surface area contributed by atoms with Crippen LogP contribution in [0.4, 0.5) is 16.2 Å². The Morgan fingerprint density at radius 1 is 1.04 bits per heavy atom. The van der Waals surface area contributed by atoms with Gasteiger partial charge in [-0.1, -0.05) is 24.3 Å². The summed E-state index contributed by atoms with van der Waals surface area (Å²) in [4.78, 5) is 40.1. The highest BCUT2D eigenvalue weighted by Gasteiger charge is 2.45. The lowest BCUT2D eigenvalue weighted by Gasteiger charge is -2.26. The molecule has 3 rings (SSSR count). The molecule has 1 aliphatic rings. The Kier molecular flexibility index (Phi) is 4.63. The molecule has 0 radical (unpaired) electrons. The average Bonchev–Trinajstić information content (AvgIpc) is 2.82. The summed E-state index contributed by atoms with van der Waals surface area (Å²) >= 11 is 0.862. The van der Waals surface area contributed by atoms with E-state index < -0.39 is 11.3 Å². The number of aryl methyl sites for hydroxylation is 2. The van der Waals surface area contributed by atoms with Crippen LogP contribution in [-0.2, 0) is 9.59 Å². The van der Waals surface area contributed by atoms with E-state index in [9.17, 15) is 14.4 Å². The number of rotatable bonds is 3. The maximum Gasteiger partial charge on any atom is 0.295 e. The summed E-state index contributed by atoms with van der Waals surface area (Å²) in [5, 5.41) is -1.27. The van der Waals surface area contributed by atoms with Crippen molar-refractivity contribution in [2.24, 2.45) is 0 Å². The van der Waals surface area contributed by atoms with Gasteiger partial charge in [0.25, 0.3) is 11.1 Å². The number of imide groups is 1. The summed E-state index contributed by atoms with van der Waals surface area (Å²) in [7, 11) is 0. The second kappa shape index (κ2) is 6.72. The summed E-state index contributed by atoms with van der Waals surface area (Å²) in [6, 6.07) is 14.5. The van der Waals surface area contributed by atoms with Gasteiger partial charge in [0, 0.05) is 12.6 Å². The fraction of sp³-hybridized carbons (Fsp3) is 0.211. The molecule has 2 aromatic carbocycles. The molecule has 3 amide bonds. The third kappa shape index (κ3) is 3.30. The molecule has 1 fully saturated rings. The molecule has 128 valence electrons. The van der Waals surface area contributed by atoms with Crippen LogP contribution >= 0.6 is 11.8 Å². The van der Waals surface area contributed by atoms with E-state index in [1.807, 2.05) is 38.1 Å². The van der Waals surface area contributed by atoms with Crippen LogP contribution in [0.3, 0.4) is 0 Å². The van der Waals surface area contributed by atoms with Gasteiger partial charge in [0.05, 0.1) is 5.69 Å². The van der Waals surface area contributed by atoms with Crippen molar-refractivity contribution in [3.63, 3.8) is 0 Å². The van der Waals surface area contributed by atoms with Gasteiger partial charge in [-0.05, 0) is 61.0 Å². The lowest BCUT2D eigenvalue weighted by Crippen LogP contribution is -2.44. The second-order valence-electron chi connectivity index (χ2n) is 5.98. The maximum absolute atomic E-state index is 12.9. The molecule has 0 aromatic heterocycles. The van der Waals surface area contributed by atoms with Gasteiger partial charge in [-0.3, -0.25) is 19.3 Å². The van der Waals surface area contributed by atoms with Gasteiger partial charge in [0.1, 0.15) is 0 Å². The van der Waals surface area contributed by atoms with E-state index in [2.05, 4.69) is 0 Å². The Labute approximate surface area is 150 Å². The SMILES string of the molecule is CC(=O)N(c1cccc(C)c1)C1SC(=O)N(c2cccc(C)c2)C1=O. The van der Waals surface area contributed by atoms with Crippen LogP contribution in [0.25, 0.3) is 0 Å². The van der Waals surface area contributed by atoms with Crippen LogP contribution in [0.1, 0.15) is 18.1 Å². The second-order valence-corrected chi connectivity index (χ2v) is 7.01. The number of carbonyl (C=O) groups excluding carboxylic acids is 3. The van der Waals surface area contributed by atoms with Crippen molar-refractivity contribution in [1.29, 1.82) is 0 Å². The van der Waals surface area contributed by atoms with Crippen molar-refractivity contribution in [2.75, 3.05) is 9.80 Å². The molecule has 0 bridgehead atoms. The molecule has 1 heterocycles. The highest BCUT2D eigenvalue weighted by atomic mass is 32.2. The molecule has 0 spiro atoms. The Morgan fingerprint density at radius 3 is 2.28 bits per heavy atom. The Morgan fingerprint density at radius 2 is 1.68 bits per heavy atom.